The molecular formula is C16H21N3. The predicted octanol–water partition coefficient (Wildman–Crippen LogP) is 3.00. The van der Waals surface area contributed by atoms with E-state index in [2.05, 4.69) is 49.7 Å². The SMILES string of the molecule is Cc1nn(C2CCc3ccccc3C2N)c(C)c1C. The van der Waals surface area contributed by atoms with Gasteiger partial charge in [-0.2, -0.15) is 5.10 Å². The summed E-state index contributed by atoms with van der Waals surface area (Å²) in [7, 11) is 0. The van der Waals surface area contributed by atoms with Crippen LogP contribution in [0.15, 0.2) is 24.3 Å². The molecule has 2 unspecified atom stereocenters. The van der Waals surface area contributed by atoms with Crippen LogP contribution < -0.4 is 5.73 Å². The minimum Gasteiger partial charge on any atom is -0.322 e. The first-order chi connectivity index (χ1) is 9.09. The zero-order chi connectivity index (χ0) is 13.6. The summed E-state index contributed by atoms with van der Waals surface area (Å²) in [4.78, 5) is 0. The fraction of sp³-hybridized carbons (Fsp3) is 0.438. The van der Waals surface area contributed by atoms with Crippen LogP contribution in [0.4, 0.5) is 0 Å². The standard InChI is InChI=1S/C16H21N3/c1-10-11(2)18-19(12(10)3)15-9-8-13-6-4-5-7-14(13)16(15)17/h4-7,15-16H,8-9,17H2,1-3H3. The highest BCUT2D eigenvalue weighted by atomic mass is 15.3. The molecule has 100 valence electrons. The zero-order valence-corrected chi connectivity index (χ0v) is 11.9. The van der Waals surface area contributed by atoms with Crippen LogP contribution in [0.1, 0.15) is 46.6 Å². The van der Waals surface area contributed by atoms with E-state index in [1.165, 1.54) is 22.4 Å². The molecule has 0 amide bonds. The third-order valence-corrected chi connectivity index (χ3v) is 4.54. The van der Waals surface area contributed by atoms with Crippen molar-refractivity contribution in [2.45, 2.75) is 45.7 Å². The molecule has 1 aromatic carbocycles. The monoisotopic (exact) mass is 255 g/mol. The summed E-state index contributed by atoms with van der Waals surface area (Å²) in [6, 6.07) is 8.85. The van der Waals surface area contributed by atoms with Crippen molar-refractivity contribution in [3.8, 4) is 0 Å². The van der Waals surface area contributed by atoms with E-state index in [-0.39, 0.29) is 12.1 Å². The molecule has 0 spiro atoms. The largest absolute Gasteiger partial charge is 0.322 e. The molecule has 0 aliphatic heterocycles. The van der Waals surface area contributed by atoms with E-state index in [0.717, 1.165) is 18.5 Å². The number of rotatable bonds is 1. The summed E-state index contributed by atoms with van der Waals surface area (Å²) >= 11 is 0. The van der Waals surface area contributed by atoms with Crippen molar-refractivity contribution in [3.05, 3.63) is 52.3 Å². The van der Waals surface area contributed by atoms with Crippen LogP contribution in [-0.2, 0) is 6.42 Å². The Labute approximate surface area is 114 Å². The Morgan fingerprint density at radius 2 is 1.95 bits per heavy atom. The highest BCUT2D eigenvalue weighted by molar-refractivity contribution is 5.34. The minimum atomic E-state index is 0.0438. The molecule has 3 heteroatoms. The molecule has 2 N–H and O–H groups in total. The molecule has 0 bridgehead atoms. The molecule has 0 saturated heterocycles. The molecule has 1 aliphatic carbocycles. The first kappa shape index (κ1) is 12.4. The Hall–Kier alpha value is -1.61. The van der Waals surface area contributed by atoms with Gasteiger partial charge in [0.25, 0.3) is 0 Å². The Balaban J connectivity index is 2.02. The molecule has 19 heavy (non-hydrogen) atoms. The Bertz CT molecular complexity index is 612. The van der Waals surface area contributed by atoms with Crippen molar-refractivity contribution in [1.82, 2.24) is 9.78 Å². The summed E-state index contributed by atoms with van der Waals surface area (Å²) < 4.78 is 2.14. The van der Waals surface area contributed by atoms with E-state index in [0.29, 0.717) is 0 Å². The number of aromatic nitrogens is 2. The van der Waals surface area contributed by atoms with E-state index in [4.69, 9.17) is 10.8 Å². The zero-order valence-electron chi connectivity index (χ0n) is 11.9. The lowest BCUT2D eigenvalue weighted by Gasteiger charge is -2.32. The van der Waals surface area contributed by atoms with E-state index in [1.807, 2.05) is 0 Å². The van der Waals surface area contributed by atoms with Crippen LogP contribution in [-0.4, -0.2) is 9.78 Å². The van der Waals surface area contributed by atoms with Crippen molar-refractivity contribution >= 4 is 0 Å². The molecule has 0 fully saturated rings. The fourth-order valence-corrected chi connectivity index (χ4v) is 3.12. The molecule has 2 aromatic rings. The third kappa shape index (κ3) is 1.89. The molecule has 3 rings (SSSR count). The van der Waals surface area contributed by atoms with Crippen LogP contribution in [0, 0.1) is 20.8 Å². The van der Waals surface area contributed by atoms with Gasteiger partial charge in [0.15, 0.2) is 0 Å². The van der Waals surface area contributed by atoms with Gasteiger partial charge >= 0.3 is 0 Å². The number of aryl methyl sites for hydroxylation is 2. The second kappa shape index (κ2) is 4.49. The average molecular weight is 255 g/mol. The second-order valence-electron chi connectivity index (χ2n) is 5.57. The van der Waals surface area contributed by atoms with Crippen molar-refractivity contribution in [2.24, 2.45) is 5.73 Å². The average Bonchev–Trinajstić information content (AvgIpc) is 2.67. The van der Waals surface area contributed by atoms with Gasteiger partial charge in [-0.15, -0.1) is 0 Å². The van der Waals surface area contributed by atoms with Gasteiger partial charge in [0.2, 0.25) is 0 Å². The predicted molar refractivity (Wildman–Crippen MR) is 77.2 cm³/mol. The van der Waals surface area contributed by atoms with Crippen molar-refractivity contribution in [2.75, 3.05) is 0 Å². The maximum absolute atomic E-state index is 6.49. The number of fused-ring (bicyclic) bond motifs is 1. The smallest absolute Gasteiger partial charge is 0.0718 e. The molecule has 1 heterocycles. The fourth-order valence-electron chi connectivity index (χ4n) is 3.12. The van der Waals surface area contributed by atoms with E-state index >= 15 is 0 Å². The molecule has 3 nitrogen and oxygen atoms in total. The number of nitrogens with zero attached hydrogens (tertiary/aromatic N) is 2. The summed E-state index contributed by atoms with van der Waals surface area (Å²) in [5, 5.41) is 4.69. The topological polar surface area (TPSA) is 43.8 Å². The lowest BCUT2D eigenvalue weighted by molar-refractivity contribution is 0.336. The van der Waals surface area contributed by atoms with Gasteiger partial charge in [-0.05, 0) is 50.3 Å². The van der Waals surface area contributed by atoms with Gasteiger partial charge in [-0.25, -0.2) is 0 Å². The molecule has 0 radical (unpaired) electrons. The molecule has 2 atom stereocenters. The maximum atomic E-state index is 6.49. The van der Waals surface area contributed by atoms with Crippen LogP contribution in [0.2, 0.25) is 0 Å². The van der Waals surface area contributed by atoms with Gasteiger partial charge in [0.05, 0.1) is 17.8 Å². The van der Waals surface area contributed by atoms with Crippen molar-refractivity contribution < 1.29 is 0 Å². The van der Waals surface area contributed by atoms with Crippen molar-refractivity contribution in [1.29, 1.82) is 0 Å². The highest BCUT2D eigenvalue weighted by Crippen LogP contribution is 2.36. The van der Waals surface area contributed by atoms with E-state index < -0.39 is 0 Å². The Morgan fingerprint density at radius 1 is 1.21 bits per heavy atom. The first-order valence-electron chi connectivity index (χ1n) is 6.95. The Morgan fingerprint density at radius 3 is 2.63 bits per heavy atom. The van der Waals surface area contributed by atoms with E-state index in [9.17, 15) is 0 Å². The summed E-state index contributed by atoms with van der Waals surface area (Å²) in [6.45, 7) is 6.35. The third-order valence-electron chi connectivity index (χ3n) is 4.54. The number of hydrogen-bond donors (Lipinski definition) is 1. The minimum absolute atomic E-state index is 0.0438. The van der Waals surface area contributed by atoms with Gasteiger partial charge < -0.3 is 5.73 Å². The maximum Gasteiger partial charge on any atom is 0.0718 e. The lowest BCUT2D eigenvalue weighted by Crippen LogP contribution is -2.31. The first-order valence-corrected chi connectivity index (χ1v) is 6.95. The van der Waals surface area contributed by atoms with Crippen LogP contribution in [0.5, 0.6) is 0 Å². The second-order valence-corrected chi connectivity index (χ2v) is 5.57. The molecule has 0 saturated carbocycles. The molecule has 1 aliphatic rings. The van der Waals surface area contributed by atoms with Gasteiger partial charge in [0.1, 0.15) is 0 Å². The van der Waals surface area contributed by atoms with E-state index in [1.54, 1.807) is 0 Å². The summed E-state index contributed by atoms with van der Waals surface area (Å²) in [5.41, 5.74) is 12.8. The molecule has 1 aromatic heterocycles. The number of hydrogen-bond acceptors (Lipinski definition) is 2. The number of nitrogens with two attached hydrogens (primary N) is 1. The van der Waals surface area contributed by atoms with Gasteiger partial charge in [-0.3, -0.25) is 4.68 Å². The molecular weight excluding hydrogens is 234 g/mol. The van der Waals surface area contributed by atoms with Gasteiger partial charge in [-0.1, -0.05) is 24.3 Å². The van der Waals surface area contributed by atoms with Crippen LogP contribution >= 0.6 is 0 Å². The van der Waals surface area contributed by atoms with Gasteiger partial charge in [0, 0.05) is 5.69 Å². The van der Waals surface area contributed by atoms with Crippen molar-refractivity contribution in [3.63, 3.8) is 0 Å². The quantitative estimate of drug-likeness (QED) is 0.851. The van der Waals surface area contributed by atoms with Crippen LogP contribution in [0.25, 0.3) is 0 Å². The van der Waals surface area contributed by atoms with Crippen LogP contribution in [0.3, 0.4) is 0 Å². The Kier molecular flexibility index (Phi) is 2.94. The lowest BCUT2D eigenvalue weighted by atomic mass is 9.84. The summed E-state index contributed by atoms with van der Waals surface area (Å²) in [6.07, 6.45) is 2.16. The normalized spacial score (nSPS) is 22.3. The number of benzene rings is 1. The highest BCUT2D eigenvalue weighted by Gasteiger charge is 2.29. The summed E-state index contributed by atoms with van der Waals surface area (Å²) in [5.74, 6) is 0.